The highest BCUT2D eigenvalue weighted by atomic mass is 32.2. The van der Waals surface area contributed by atoms with Crippen molar-refractivity contribution in [3.8, 4) is 0 Å². The van der Waals surface area contributed by atoms with Crippen LogP contribution in [0.1, 0.15) is 26.7 Å². The summed E-state index contributed by atoms with van der Waals surface area (Å²) in [4.78, 5) is 13.9. The second-order valence-electron chi connectivity index (χ2n) is 4.17. The lowest BCUT2D eigenvalue weighted by molar-refractivity contribution is -0.129. The molecule has 0 saturated carbocycles. The molecule has 1 N–H and O–H groups in total. The number of hydrogen-bond acceptors (Lipinski definition) is 3. The van der Waals surface area contributed by atoms with Gasteiger partial charge in [0, 0.05) is 6.54 Å². The molecule has 1 fully saturated rings. The van der Waals surface area contributed by atoms with Crippen LogP contribution in [-0.4, -0.2) is 42.1 Å². The molecule has 2 atom stereocenters. The van der Waals surface area contributed by atoms with Crippen molar-refractivity contribution in [1.29, 1.82) is 0 Å². The summed E-state index contributed by atoms with van der Waals surface area (Å²) in [7, 11) is 0. The van der Waals surface area contributed by atoms with Crippen molar-refractivity contribution >= 4 is 17.7 Å². The molecule has 0 bridgehead atoms. The fourth-order valence-corrected chi connectivity index (χ4v) is 2.26. The van der Waals surface area contributed by atoms with Crippen LogP contribution in [0.15, 0.2) is 0 Å². The predicted molar refractivity (Wildman–Crippen MR) is 66.0 cm³/mol. The van der Waals surface area contributed by atoms with Crippen molar-refractivity contribution in [3.05, 3.63) is 0 Å². The third-order valence-corrected chi connectivity index (χ3v) is 3.77. The molecule has 3 nitrogen and oxygen atoms in total. The minimum atomic E-state index is 0.0595. The van der Waals surface area contributed by atoms with Crippen LogP contribution >= 0.6 is 11.8 Å². The van der Waals surface area contributed by atoms with Gasteiger partial charge in [0.2, 0.25) is 5.91 Å². The molecule has 1 heterocycles. The Balaban J connectivity index is 2.35. The number of nitrogens with zero attached hydrogens (tertiary/aromatic N) is 1. The Kier molecular flexibility index (Phi) is 5.47. The van der Waals surface area contributed by atoms with Crippen LogP contribution in [-0.2, 0) is 4.79 Å². The minimum absolute atomic E-state index is 0.0595. The fraction of sp³-hybridized carbons (Fsp3) is 0.909. The van der Waals surface area contributed by atoms with Gasteiger partial charge in [-0.15, -0.1) is 0 Å². The zero-order chi connectivity index (χ0) is 11.3. The van der Waals surface area contributed by atoms with Crippen LogP contribution in [0.5, 0.6) is 0 Å². The van der Waals surface area contributed by atoms with E-state index in [9.17, 15) is 4.79 Å². The summed E-state index contributed by atoms with van der Waals surface area (Å²) in [5.41, 5.74) is 0. The number of hydrogen-bond donors (Lipinski definition) is 1. The first kappa shape index (κ1) is 12.8. The van der Waals surface area contributed by atoms with Crippen molar-refractivity contribution in [2.24, 2.45) is 5.92 Å². The lowest BCUT2D eigenvalue weighted by atomic mass is 9.99. The van der Waals surface area contributed by atoms with E-state index >= 15 is 0 Å². The maximum atomic E-state index is 12.0. The monoisotopic (exact) mass is 230 g/mol. The standard InChI is InChI=1S/C11H22N2OS/c1-4-9(2)10-11(14)13(8-12-10)6-5-7-15-3/h9-10,12H,4-8H2,1-3H3. The number of carbonyl (C=O) groups is 1. The normalized spacial score (nSPS) is 23.5. The molecule has 0 aromatic heterocycles. The smallest absolute Gasteiger partial charge is 0.241 e. The van der Waals surface area contributed by atoms with Gasteiger partial charge in [0.1, 0.15) is 0 Å². The van der Waals surface area contributed by atoms with Crippen LogP contribution < -0.4 is 5.32 Å². The maximum absolute atomic E-state index is 12.0. The molecule has 88 valence electrons. The summed E-state index contributed by atoms with van der Waals surface area (Å²) >= 11 is 1.84. The molecule has 15 heavy (non-hydrogen) atoms. The van der Waals surface area contributed by atoms with Gasteiger partial charge in [-0.05, 0) is 24.3 Å². The summed E-state index contributed by atoms with van der Waals surface area (Å²) in [5, 5.41) is 3.30. The topological polar surface area (TPSA) is 32.3 Å². The molecule has 1 aliphatic rings. The lowest BCUT2D eigenvalue weighted by Crippen LogP contribution is -2.36. The van der Waals surface area contributed by atoms with E-state index in [2.05, 4.69) is 25.4 Å². The number of carbonyl (C=O) groups excluding carboxylic acids is 1. The average Bonchev–Trinajstić information content (AvgIpc) is 2.60. The molecule has 1 saturated heterocycles. The summed E-state index contributed by atoms with van der Waals surface area (Å²) in [6.07, 6.45) is 4.26. The zero-order valence-electron chi connectivity index (χ0n) is 9.95. The van der Waals surface area contributed by atoms with Crippen LogP contribution in [0.2, 0.25) is 0 Å². The summed E-state index contributed by atoms with van der Waals surface area (Å²) in [6.45, 7) is 5.92. The molecule has 0 spiro atoms. The van der Waals surface area contributed by atoms with E-state index in [1.807, 2.05) is 16.7 Å². The van der Waals surface area contributed by atoms with Gasteiger partial charge in [0.15, 0.2) is 0 Å². The maximum Gasteiger partial charge on any atom is 0.241 e. The quantitative estimate of drug-likeness (QED) is 0.703. The third-order valence-electron chi connectivity index (χ3n) is 3.07. The fourth-order valence-electron chi connectivity index (χ4n) is 1.84. The summed E-state index contributed by atoms with van der Waals surface area (Å²) < 4.78 is 0. The molecule has 0 aliphatic carbocycles. The molecule has 1 amide bonds. The van der Waals surface area contributed by atoms with Gasteiger partial charge >= 0.3 is 0 Å². The van der Waals surface area contributed by atoms with E-state index in [0.29, 0.717) is 11.8 Å². The van der Waals surface area contributed by atoms with E-state index in [0.717, 1.165) is 31.8 Å². The van der Waals surface area contributed by atoms with Gasteiger partial charge in [-0.25, -0.2) is 0 Å². The molecule has 0 radical (unpaired) electrons. The third kappa shape index (κ3) is 3.38. The van der Waals surface area contributed by atoms with E-state index in [1.165, 1.54) is 0 Å². The number of amides is 1. The van der Waals surface area contributed by atoms with Crippen LogP contribution in [0.3, 0.4) is 0 Å². The van der Waals surface area contributed by atoms with E-state index in [1.54, 1.807) is 0 Å². The highest BCUT2D eigenvalue weighted by Crippen LogP contribution is 2.15. The first-order chi connectivity index (χ1) is 7.20. The number of thioether (sulfide) groups is 1. The highest BCUT2D eigenvalue weighted by Gasteiger charge is 2.33. The first-order valence-electron chi connectivity index (χ1n) is 5.71. The Morgan fingerprint density at radius 2 is 2.40 bits per heavy atom. The molecule has 0 aromatic rings. The molecule has 1 aliphatic heterocycles. The van der Waals surface area contributed by atoms with Gasteiger partial charge < -0.3 is 4.90 Å². The molecule has 4 heteroatoms. The first-order valence-corrected chi connectivity index (χ1v) is 7.11. The second kappa shape index (κ2) is 6.38. The van der Waals surface area contributed by atoms with Gasteiger partial charge in [0.05, 0.1) is 12.7 Å². The molecular formula is C11H22N2OS. The van der Waals surface area contributed by atoms with Crippen molar-refractivity contribution in [2.45, 2.75) is 32.7 Å². The average molecular weight is 230 g/mol. The predicted octanol–water partition coefficient (Wildman–Crippen LogP) is 1.54. The van der Waals surface area contributed by atoms with Gasteiger partial charge in [-0.2, -0.15) is 11.8 Å². The van der Waals surface area contributed by atoms with E-state index in [-0.39, 0.29) is 6.04 Å². The molecular weight excluding hydrogens is 208 g/mol. The second-order valence-corrected chi connectivity index (χ2v) is 5.16. The van der Waals surface area contributed by atoms with Gasteiger partial charge in [-0.1, -0.05) is 20.3 Å². The number of nitrogens with one attached hydrogen (secondary N) is 1. The Morgan fingerprint density at radius 1 is 1.67 bits per heavy atom. The highest BCUT2D eigenvalue weighted by molar-refractivity contribution is 7.98. The van der Waals surface area contributed by atoms with Gasteiger partial charge in [-0.3, -0.25) is 10.1 Å². The minimum Gasteiger partial charge on any atom is -0.329 e. The molecule has 0 aromatic carbocycles. The number of rotatable bonds is 6. The Morgan fingerprint density at radius 3 is 3.00 bits per heavy atom. The Bertz CT molecular complexity index is 211. The molecule has 1 rings (SSSR count). The van der Waals surface area contributed by atoms with Gasteiger partial charge in [0.25, 0.3) is 0 Å². The van der Waals surface area contributed by atoms with E-state index in [4.69, 9.17) is 0 Å². The van der Waals surface area contributed by atoms with E-state index < -0.39 is 0 Å². The van der Waals surface area contributed by atoms with Crippen LogP contribution in [0, 0.1) is 5.92 Å². The Hall–Kier alpha value is -0.220. The van der Waals surface area contributed by atoms with Crippen molar-refractivity contribution < 1.29 is 4.79 Å². The summed E-state index contributed by atoms with van der Waals surface area (Å²) in [6, 6.07) is 0.0595. The largest absolute Gasteiger partial charge is 0.329 e. The summed E-state index contributed by atoms with van der Waals surface area (Å²) in [5.74, 6) is 1.88. The zero-order valence-corrected chi connectivity index (χ0v) is 10.8. The van der Waals surface area contributed by atoms with Crippen LogP contribution in [0.4, 0.5) is 0 Å². The molecule has 2 unspecified atom stereocenters. The Labute approximate surface area is 97.0 Å². The van der Waals surface area contributed by atoms with Crippen molar-refractivity contribution in [1.82, 2.24) is 10.2 Å². The van der Waals surface area contributed by atoms with Crippen molar-refractivity contribution in [3.63, 3.8) is 0 Å². The van der Waals surface area contributed by atoms with Crippen molar-refractivity contribution in [2.75, 3.05) is 25.2 Å². The van der Waals surface area contributed by atoms with Crippen LogP contribution in [0.25, 0.3) is 0 Å². The SMILES string of the molecule is CCC(C)C1NCN(CCCSC)C1=O. The lowest BCUT2D eigenvalue weighted by Gasteiger charge is -2.17.